The molecule has 2 aromatic carbocycles. The molecule has 1 amide bonds. The quantitative estimate of drug-likeness (QED) is 0.173. The Morgan fingerprint density at radius 3 is 2.51 bits per heavy atom. The Hall–Kier alpha value is -4.40. The van der Waals surface area contributed by atoms with Gasteiger partial charge in [0.1, 0.15) is 5.78 Å². The maximum absolute atomic E-state index is 13.0. The van der Waals surface area contributed by atoms with Crippen LogP contribution in [0.15, 0.2) is 59.1 Å². The average Bonchev–Trinajstić information content (AvgIpc) is 3.68. The molecule has 0 aliphatic rings. The van der Waals surface area contributed by atoms with Crippen LogP contribution in [-0.4, -0.2) is 31.4 Å². The molecule has 0 spiro atoms. The van der Waals surface area contributed by atoms with Gasteiger partial charge in [0.05, 0.1) is 22.7 Å². The number of nitrogens with one attached hydrogen (secondary N) is 2. The van der Waals surface area contributed by atoms with Gasteiger partial charge in [-0.05, 0) is 62.2 Å². The smallest absolute Gasteiger partial charge is 0.255 e. The van der Waals surface area contributed by atoms with Crippen molar-refractivity contribution in [1.82, 2.24) is 19.7 Å². The summed E-state index contributed by atoms with van der Waals surface area (Å²) in [4.78, 5) is 29.0. The van der Waals surface area contributed by atoms with Crippen LogP contribution in [0.2, 0.25) is 0 Å². The lowest BCUT2D eigenvalue weighted by molar-refractivity contribution is -0.117. The van der Waals surface area contributed by atoms with Crippen molar-refractivity contribution < 1.29 is 14.0 Å². The number of aryl methyl sites for hydroxylation is 1. The molecule has 0 radical (unpaired) electrons. The maximum Gasteiger partial charge on any atom is 0.255 e. The van der Waals surface area contributed by atoms with Crippen molar-refractivity contribution in [3.05, 3.63) is 60.3 Å². The number of benzene rings is 2. The van der Waals surface area contributed by atoms with Gasteiger partial charge in [-0.2, -0.15) is 5.10 Å². The van der Waals surface area contributed by atoms with Gasteiger partial charge in [0, 0.05) is 35.7 Å². The van der Waals surface area contributed by atoms with E-state index in [0.717, 1.165) is 35.7 Å². The van der Waals surface area contributed by atoms with Gasteiger partial charge in [0.15, 0.2) is 17.5 Å². The summed E-state index contributed by atoms with van der Waals surface area (Å²) in [5.41, 5.74) is 9.41. The van der Waals surface area contributed by atoms with Crippen LogP contribution in [0.1, 0.15) is 70.7 Å². The minimum atomic E-state index is -0.228. The van der Waals surface area contributed by atoms with Gasteiger partial charge in [-0.25, -0.2) is 4.98 Å². The number of Topliss-reactive ketones (excluding diaryl/α,β-unsaturated/α-hetero) is 1. The fourth-order valence-corrected chi connectivity index (χ4v) is 4.20. The summed E-state index contributed by atoms with van der Waals surface area (Å²) in [5.74, 6) is 1.52. The van der Waals surface area contributed by atoms with Crippen LogP contribution in [0.25, 0.3) is 33.5 Å². The molecule has 0 fully saturated rings. The molecular formula is C30H38N6O3. The van der Waals surface area contributed by atoms with Crippen molar-refractivity contribution in [1.29, 1.82) is 0 Å². The third kappa shape index (κ3) is 7.13. The van der Waals surface area contributed by atoms with E-state index in [-0.39, 0.29) is 11.7 Å². The van der Waals surface area contributed by atoms with E-state index in [1.165, 1.54) is 0 Å². The number of H-pyrrole nitrogens is 1. The number of rotatable bonds is 9. The minimum absolute atomic E-state index is 0.208. The van der Waals surface area contributed by atoms with Crippen molar-refractivity contribution in [3.8, 4) is 11.6 Å². The zero-order chi connectivity index (χ0) is 28.4. The fraction of sp³-hybridized carbons (Fsp3) is 0.333. The highest BCUT2D eigenvalue weighted by atomic mass is 16.4. The van der Waals surface area contributed by atoms with Crippen molar-refractivity contribution in [2.24, 2.45) is 0 Å². The third-order valence-corrected chi connectivity index (χ3v) is 5.97. The Kier molecular flexibility index (Phi) is 10.4. The standard InChI is InChI=1S/C26H26N6O3.2C2H6/c1-16(33)5-3-2-4-12-32-22-9-7-17(13-21(22)30-25(32)23-10-11-24(27)35-23)26(34)29-19-8-6-18-15-28-31-20(18)14-19;2*1-2/h6-11,13-15H,2-5,12,27H2,1H3,(H,28,31)(H,29,34);2*1-2H3. The van der Waals surface area contributed by atoms with Gasteiger partial charge in [-0.3, -0.25) is 9.89 Å². The van der Waals surface area contributed by atoms with Crippen molar-refractivity contribution in [2.75, 3.05) is 11.1 Å². The summed E-state index contributed by atoms with van der Waals surface area (Å²) < 4.78 is 7.72. The molecular weight excluding hydrogens is 492 g/mol. The Labute approximate surface area is 228 Å². The SMILES string of the molecule is CC.CC.CC(=O)CCCCCn1c(-c2ccc(N)o2)nc2cc(C(=O)Nc3ccc4cn[nH]c4c3)ccc21. The van der Waals surface area contributed by atoms with E-state index in [9.17, 15) is 9.59 Å². The van der Waals surface area contributed by atoms with Gasteiger partial charge in [-0.15, -0.1) is 0 Å². The van der Waals surface area contributed by atoms with Crippen LogP contribution in [0, 0.1) is 0 Å². The number of carbonyl (C=O) groups is 2. The number of amides is 1. The molecule has 0 saturated carbocycles. The number of aromatic amines is 1. The van der Waals surface area contributed by atoms with E-state index >= 15 is 0 Å². The number of ketones is 1. The zero-order valence-electron chi connectivity index (χ0n) is 23.4. The fourth-order valence-electron chi connectivity index (χ4n) is 4.20. The van der Waals surface area contributed by atoms with Crippen LogP contribution in [0.4, 0.5) is 11.6 Å². The minimum Gasteiger partial charge on any atom is -0.438 e. The summed E-state index contributed by atoms with van der Waals surface area (Å²) in [6, 6.07) is 14.6. The van der Waals surface area contributed by atoms with Crippen molar-refractivity contribution in [2.45, 2.75) is 66.8 Å². The lowest BCUT2D eigenvalue weighted by atomic mass is 10.1. The lowest BCUT2D eigenvalue weighted by Crippen LogP contribution is -2.11. The molecule has 4 N–H and O–H groups in total. The average molecular weight is 531 g/mol. The topological polar surface area (TPSA) is 132 Å². The number of unbranched alkanes of at least 4 members (excludes halogenated alkanes) is 2. The number of hydrogen-bond donors (Lipinski definition) is 3. The molecule has 39 heavy (non-hydrogen) atoms. The summed E-state index contributed by atoms with van der Waals surface area (Å²) in [6.45, 7) is 10.3. The normalized spacial score (nSPS) is 10.5. The van der Waals surface area contributed by atoms with E-state index in [1.807, 2.05) is 52.0 Å². The number of fused-ring (bicyclic) bond motifs is 2. The summed E-state index contributed by atoms with van der Waals surface area (Å²) in [6.07, 6.45) is 5.01. The number of hydrogen-bond acceptors (Lipinski definition) is 6. The summed E-state index contributed by atoms with van der Waals surface area (Å²) in [7, 11) is 0. The van der Waals surface area contributed by atoms with Gasteiger partial charge in [0.25, 0.3) is 5.91 Å². The zero-order valence-corrected chi connectivity index (χ0v) is 23.4. The molecule has 0 saturated heterocycles. The third-order valence-electron chi connectivity index (χ3n) is 5.97. The molecule has 3 heterocycles. The molecule has 206 valence electrons. The van der Waals surface area contributed by atoms with E-state index in [1.54, 1.807) is 37.4 Å². The molecule has 9 heteroatoms. The monoisotopic (exact) mass is 530 g/mol. The van der Waals surface area contributed by atoms with Crippen molar-refractivity contribution in [3.63, 3.8) is 0 Å². The number of nitrogens with two attached hydrogens (primary N) is 1. The number of imidazole rings is 1. The van der Waals surface area contributed by atoms with Crippen LogP contribution >= 0.6 is 0 Å². The molecule has 5 aromatic rings. The molecule has 9 nitrogen and oxygen atoms in total. The number of anilines is 2. The molecule has 0 atom stereocenters. The van der Waals surface area contributed by atoms with Crippen LogP contribution in [0.3, 0.4) is 0 Å². The maximum atomic E-state index is 13.0. The first-order valence-electron chi connectivity index (χ1n) is 13.6. The van der Waals surface area contributed by atoms with Crippen LogP contribution < -0.4 is 11.1 Å². The summed E-state index contributed by atoms with van der Waals surface area (Å²) >= 11 is 0. The van der Waals surface area contributed by atoms with Gasteiger partial charge in [0.2, 0.25) is 0 Å². The Balaban J connectivity index is 0.00000100. The highest BCUT2D eigenvalue weighted by Gasteiger charge is 2.17. The number of nitrogen functional groups attached to an aromatic ring is 1. The first kappa shape index (κ1) is 29.2. The molecule has 0 aliphatic heterocycles. The number of carbonyl (C=O) groups excluding carboxylic acids is 2. The van der Waals surface area contributed by atoms with Crippen molar-refractivity contribution >= 4 is 45.2 Å². The van der Waals surface area contributed by atoms with Crippen LogP contribution in [0.5, 0.6) is 0 Å². The predicted molar refractivity (Wildman–Crippen MR) is 158 cm³/mol. The number of aromatic nitrogens is 4. The number of furan rings is 1. The Bertz CT molecular complexity index is 1530. The Morgan fingerprint density at radius 2 is 1.79 bits per heavy atom. The largest absolute Gasteiger partial charge is 0.438 e. The highest BCUT2D eigenvalue weighted by Crippen LogP contribution is 2.29. The second kappa shape index (κ2) is 13.9. The van der Waals surface area contributed by atoms with E-state index in [4.69, 9.17) is 15.1 Å². The molecule has 3 aromatic heterocycles. The first-order chi connectivity index (χ1) is 19.0. The summed E-state index contributed by atoms with van der Waals surface area (Å²) in [5, 5.41) is 10.8. The van der Waals surface area contributed by atoms with Gasteiger partial charge < -0.3 is 24.8 Å². The molecule has 0 unspecified atom stereocenters. The second-order valence-corrected chi connectivity index (χ2v) is 8.63. The lowest BCUT2D eigenvalue weighted by Gasteiger charge is -2.09. The highest BCUT2D eigenvalue weighted by molar-refractivity contribution is 6.06. The van der Waals surface area contributed by atoms with Crippen LogP contribution in [-0.2, 0) is 11.3 Å². The van der Waals surface area contributed by atoms with E-state index in [2.05, 4.69) is 20.1 Å². The van der Waals surface area contributed by atoms with Gasteiger partial charge in [-0.1, -0.05) is 34.1 Å². The second-order valence-electron chi connectivity index (χ2n) is 8.63. The number of nitrogens with zero attached hydrogens (tertiary/aromatic N) is 3. The predicted octanol–water partition coefficient (Wildman–Crippen LogP) is 7.21. The molecule has 0 aliphatic carbocycles. The van der Waals surface area contributed by atoms with E-state index in [0.29, 0.717) is 47.2 Å². The molecule has 0 bridgehead atoms. The Morgan fingerprint density at radius 1 is 1.00 bits per heavy atom. The van der Waals surface area contributed by atoms with Gasteiger partial charge >= 0.3 is 0 Å². The molecule has 5 rings (SSSR count). The first-order valence-corrected chi connectivity index (χ1v) is 13.6. The van der Waals surface area contributed by atoms with E-state index < -0.39 is 0 Å².